The molecule has 5 heteroatoms. The summed E-state index contributed by atoms with van der Waals surface area (Å²) in [5.74, 6) is 0.421. The summed E-state index contributed by atoms with van der Waals surface area (Å²) < 4.78 is 5.62. The minimum Gasteiger partial charge on any atom is -0.394 e. The lowest BCUT2D eigenvalue weighted by molar-refractivity contribution is 0.0119. The van der Waals surface area contributed by atoms with Crippen molar-refractivity contribution < 1.29 is 14.6 Å². The average molecular weight is 270 g/mol. The van der Waals surface area contributed by atoms with Crippen LogP contribution in [0.15, 0.2) is 0 Å². The Kier molecular flexibility index (Phi) is 5.05. The highest BCUT2D eigenvalue weighted by Gasteiger charge is 2.42. The molecule has 1 saturated heterocycles. The van der Waals surface area contributed by atoms with Crippen LogP contribution in [0, 0.1) is 5.92 Å². The number of ether oxygens (including phenoxy) is 1. The number of urea groups is 1. The smallest absolute Gasteiger partial charge is 0.315 e. The topological polar surface area (TPSA) is 70.6 Å². The second-order valence-corrected chi connectivity index (χ2v) is 6.01. The zero-order valence-corrected chi connectivity index (χ0v) is 11.8. The molecule has 1 aliphatic carbocycles. The number of carbonyl (C=O) groups is 1. The van der Waals surface area contributed by atoms with Crippen molar-refractivity contribution in [1.29, 1.82) is 0 Å². The number of amides is 2. The van der Waals surface area contributed by atoms with Gasteiger partial charge in [-0.15, -0.1) is 0 Å². The lowest BCUT2D eigenvalue weighted by Gasteiger charge is -2.29. The second kappa shape index (κ2) is 6.57. The minimum atomic E-state index is -0.467. The van der Waals surface area contributed by atoms with Crippen molar-refractivity contribution in [2.45, 2.75) is 57.1 Å². The molecule has 1 aliphatic heterocycles. The van der Waals surface area contributed by atoms with Crippen LogP contribution in [0.4, 0.5) is 4.79 Å². The lowest BCUT2D eigenvalue weighted by Crippen LogP contribution is -2.54. The quantitative estimate of drug-likeness (QED) is 0.683. The van der Waals surface area contributed by atoms with E-state index in [1.165, 1.54) is 6.42 Å². The van der Waals surface area contributed by atoms with E-state index in [2.05, 4.69) is 10.6 Å². The maximum atomic E-state index is 11.8. The Hall–Kier alpha value is -0.810. The molecule has 0 aromatic heterocycles. The molecule has 0 spiro atoms. The summed E-state index contributed by atoms with van der Waals surface area (Å²) in [5, 5.41) is 15.2. The fourth-order valence-electron chi connectivity index (χ4n) is 2.68. The van der Waals surface area contributed by atoms with E-state index in [0.29, 0.717) is 18.6 Å². The third-order valence-electron chi connectivity index (χ3n) is 4.23. The first kappa shape index (κ1) is 14.6. The molecule has 2 amide bonds. The molecule has 3 N–H and O–H groups in total. The maximum absolute atomic E-state index is 11.8. The Morgan fingerprint density at radius 2 is 2.16 bits per heavy atom. The van der Waals surface area contributed by atoms with Crippen LogP contribution in [0.25, 0.3) is 0 Å². The number of rotatable bonds is 6. The molecule has 2 fully saturated rings. The average Bonchev–Trinajstić information content (AvgIpc) is 3.24. The number of hydrogen-bond donors (Lipinski definition) is 3. The monoisotopic (exact) mass is 270 g/mol. The Labute approximate surface area is 115 Å². The summed E-state index contributed by atoms with van der Waals surface area (Å²) in [6.45, 7) is 3.38. The van der Waals surface area contributed by atoms with Gasteiger partial charge >= 0.3 is 6.03 Å². The van der Waals surface area contributed by atoms with Gasteiger partial charge in [0.05, 0.1) is 18.2 Å². The number of hydrogen-bond acceptors (Lipinski definition) is 3. The Balaban J connectivity index is 1.63. The summed E-state index contributed by atoms with van der Waals surface area (Å²) in [5.41, 5.74) is -0.467. The zero-order valence-electron chi connectivity index (χ0n) is 11.8. The molecule has 1 saturated carbocycles. The molecule has 0 bridgehead atoms. The molecule has 2 atom stereocenters. The van der Waals surface area contributed by atoms with E-state index in [0.717, 1.165) is 38.7 Å². The fraction of sp³-hybridized carbons (Fsp3) is 0.929. The van der Waals surface area contributed by atoms with Gasteiger partial charge in [-0.3, -0.25) is 0 Å². The van der Waals surface area contributed by atoms with Crippen LogP contribution in [-0.2, 0) is 4.74 Å². The Bertz CT molecular complexity index is 301. The van der Waals surface area contributed by atoms with Crippen molar-refractivity contribution in [2.75, 3.05) is 19.8 Å². The van der Waals surface area contributed by atoms with Gasteiger partial charge in [0, 0.05) is 13.2 Å². The van der Waals surface area contributed by atoms with Crippen LogP contribution in [-0.4, -0.2) is 42.5 Å². The molecule has 110 valence electrons. The minimum absolute atomic E-state index is 0.00315. The summed E-state index contributed by atoms with van der Waals surface area (Å²) in [6, 6.07) is -0.181. The van der Waals surface area contributed by atoms with Crippen LogP contribution >= 0.6 is 0 Å². The first-order chi connectivity index (χ1) is 9.14. The maximum Gasteiger partial charge on any atom is 0.315 e. The van der Waals surface area contributed by atoms with Crippen LogP contribution in [0.3, 0.4) is 0 Å². The lowest BCUT2D eigenvalue weighted by atomic mass is 9.97. The molecule has 1 heterocycles. The molecule has 0 radical (unpaired) electrons. The van der Waals surface area contributed by atoms with Gasteiger partial charge in [0.15, 0.2) is 0 Å². The number of aliphatic hydroxyl groups is 1. The van der Waals surface area contributed by atoms with Gasteiger partial charge in [0.25, 0.3) is 0 Å². The Morgan fingerprint density at radius 1 is 1.37 bits per heavy atom. The molecular formula is C14H26N2O3. The summed E-state index contributed by atoms with van der Waals surface area (Å²) in [6.07, 6.45) is 6.82. The van der Waals surface area contributed by atoms with Crippen LogP contribution in [0.2, 0.25) is 0 Å². The summed E-state index contributed by atoms with van der Waals surface area (Å²) >= 11 is 0. The third kappa shape index (κ3) is 4.35. The predicted molar refractivity (Wildman–Crippen MR) is 73.0 cm³/mol. The summed E-state index contributed by atoms with van der Waals surface area (Å²) in [4.78, 5) is 11.8. The third-order valence-corrected chi connectivity index (χ3v) is 4.23. The second-order valence-electron chi connectivity index (χ2n) is 6.01. The van der Waals surface area contributed by atoms with E-state index in [1.807, 2.05) is 6.92 Å². The van der Waals surface area contributed by atoms with Crippen molar-refractivity contribution in [3.63, 3.8) is 0 Å². The van der Waals surface area contributed by atoms with Gasteiger partial charge in [0.2, 0.25) is 0 Å². The highest BCUT2D eigenvalue weighted by molar-refractivity contribution is 5.74. The van der Waals surface area contributed by atoms with Gasteiger partial charge in [-0.05, 0) is 51.4 Å². The highest BCUT2D eigenvalue weighted by atomic mass is 16.5. The van der Waals surface area contributed by atoms with E-state index < -0.39 is 5.54 Å². The van der Waals surface area contributed by atoms with Crippen molar-refractivity contribution in [1.82, 2.24) is 10.6 Å². The first-order valence-electron chi connectivity index (χ1n) is 7.42. The molecule has 2 unspecified atom stereocenters. The molecule has 19 heavy (non-hydrogen) atoms. The SMILES string of the molecule is CC(CO)(NC(=O)NCCC1CCCCO1)C1CC1. The first-order valence-corrected chi connectivity index (χ1v) is 7.42. The summed E-state index contributed by atoms with van der Waals surface area (Å²) in [7, 11) is 0. The molecule has 0 aromatic carbocycles. The van der Waals surface area contributed by atoms with E-state index >= 15 is 0 Å². The van der Waals surface area contributed by atoms with Gasteiger partial charge in [-0.25, -0.2) is 4.79 Å². The predicted octanol–water partition coefficient (Wildman–Crippen LogP) is 1.41. The zero-order chi connectivity index (χ0) is 13.7. The van der Waals surface area contributed by atoms with E-state index in [1.54, 1.807) is 0 Å². The van der Waals surface area contributed by atoms with Gasteiger partial charge in [0.1, 0.15) is 0 Å². The molecular weight excluding hydrogens is 244 g/mol. The van der Waals surface area contributed by atoms with E-state index in [4.69, 9.17) is 4.74 Å². The van der Waals surface area contributed by atoms with Crippen molar-refractivity contribution >= 4 is 6.03 Å². The van der Waals surface area contributed by atoms with Crippen LogP contribution in [0.1, 0.15) is 45.4 Å². The van der Waals surface area contributed by atoms with Crippen molar-refractivity contribution in [3.05, 3.63) is 0 Å². The van der Waals surface area contributed by atoms with Crippen molar-refractivity contribution in [2.24, 2.45) is 5.92 Å². The Morgan fingerprint density at radius 3 is 2.74 bits per heavy atom. The van der Waals surface area contributed by atoms with E-state index in [9.17, 15) is 9.90 Å². The molecule has 5 nitrogen and oxygen atoms in total. The van der Waals surface area contributed by atoms with Gasteiger partial charge < -0.3 is 20.5 Å². The highest BCUT2D eigenvalue weighted by Crippen LogP contribution is 2.39. The normalized spacial score (nSPS) is 26.5. The van der Waals surface area contributed by atoms with Crippen LogP contribution in [0.5, 0.6) is 0 Å². The van der Waals surface area contributed by atoms with E-state index in [-0.39, 0.29) is 12.6 Å². The largest absolute Gasteiger partial charge is 0.394 e. The number of carbonyl (C=O) groups excluding carboxylic acids is 1. The van der Waals surface area contributed by atoms with Crippen LogP contribution < -0.4 is 10.6 Å². The van der Waals surface area contributed by atoms with Gasteiger partial charge in [-0.2, -0.15) is 0 Å². The number of aliphatic hydroxyl groups excluding tert-OH is 1. The molecule has 2 aliphatic rings. The fourth-order valence-corrected chi connectivity index (χ4v) is 2.68. The standard InChI is InChI=1S/C14H26N2O3/c1-14(10-17,11-5-6-11)16-13(18)15-8-7-12-4-2-3-9-19-12/h11-12,17H,2-10H2,1H3,(H2,15,16,18). The molecule has 0 aromatic rings. The van der Waals surface area contributed by atoms with Gasteiger partial charge in [-0.1, -0.05) is 0 Å². The molecule has 2 rings (SSSR count). The number of nitrogens with one attached hydrogen (secondary N) is 2. The van der Waals surface area contributed by atoms with Crippen molar-refractivity contribution in [3.8, 4) is 0 Å².